The molecule has 2 rings (SSSR count). The third kappa shape index (κ3) is 6.22. The largest absolute Gasteiger partial charge is 0.379 e. The molecule has 6 heteroatoms. The summed E-state index contributed by atoms with van der Waals surface area (Å²) in [6, 6.07) is 7.80. The van der Waals surface area contributed by atoms with Gasteiger partial charge >= 0.3 is 0 Å². The number of hydrogen-bond donors (Lipinski definition) is 0. The Morgan fingerprint density at radius 3 is 2.24 bits per heavy atom. The van der Waals surface area contributed by atoms with Gasteiger partial charge in [-0.3, -0.25) is 9.69 Å². The average Bonchev–Trinajstić information content (AvgIpc) is 2.46. The third-order valence-corrected chi connectivity index (χ3v) is 3.46. The second-order valence-corrected chi connectivity index (χ2v) is 5.07. The molecule has 0 aliphatic carbocycles. The number of morpholine rings is 1. The highest BCUT2D eigenvalue weighted by atomic mass is 35.5. The molecule has 0 saturated carbocycles. The molecular formula is C15H24Cl2N2O2. The van der Waals surface area contributed by atoms with Gasteiger partial charge in [-0.05, 0) is 24.3 Å². The number of carbonyl (C=O) groups is 1. The van der Waals surface area contributed by atoms with Crippen molar-refractivity contribution in [3.63, 3.8) is 0 Å². The summed E-state index contributed by atoms with van der Waals surface area (Å²) in [5, 5.41) is 0. The first-order chi connectivity index (χ1) is 9.16. The summed E-state index contributed by atoms with van der Waals surface area (Å²) in [5.74, 6) is 0.219. The van der Waals surface area contributed by atoms with E-state index in [9.17, 15) is 4.79 Å². The molecule has 1 saturated heterocycles. The lowest BCUT2D eigenvalue weighted by Crippen LogP contribution is -2.37. The van der Waals surface area contributed by atoms with Gasteiger partial charge in [0.2, 0.25) is 0 Å². The van der Waals surface area contributed by atoms with Gasteiger partial charge in [0.25, 0.3) is 0 Å². The van der Waals surface area contributed by atoms with Crippen molar-refractivity contribution in [1.82, 2.24) is 4.90 Å². The molecule has 0 bridgehead atoms. The minimum atomic E-state index is 0. The van der Waals surface area contributed by atoms with Crippen LogP contribution in [0.5, 0.6) is 0 Å². The molecule has 4 nitrogen and oxygen atoms in total. The van der Waals surface area contributed by atoms with E-state index in [4.69, 9.17) is 4.74 Å². The van der Waals surface area contributed by atoms with Crippen molar-refractivity contribution in [2.75, 3.05) is 51.8 Å². The predicted molar refractivity (Wildman–Crippen MR) is 91.5 cm³/mol. The summed E-state index contributed by atoms with van der Waals surface area (Å²) < 4.78 is 5.30. The Bertz CT molecular complexity index is 418. The van der Waals surface area contributed by atoms with E-state index >= 15 is 0 Å². The lowest BCUT2D eigenvalue weighted by molar-refractivity contribution is 0.0370. The molecule has 1 aromatic carbocycles. The van der Waals surface area contributed by atoms with Crippen LogP contribution in [0.25, 0.3) is 0 Å². The lowest BCUT2D eigenvalue weighted by Gasteiger charge is -2.26. The van der Waals surface area contributed by atoms with E-state index in [2.05, 4.69) is 4.90 Å². The number of nitrogens with zero attached hydrogens (tertiary/aromatic N) is 2. The number of anilines is 1. The fourth-order valence-electron chi connectivity index (χ4n) is 2.17. The molecule has 0 radical (unpaired) electrons. The Morgan fingerprint density at radius 2 is 1.71 bits per heavy atom. The van der Waals surface area contributed by atoms with Gasteiger partial charge < -0.3 is 9.64 Å². The van der Waals surface area contributed by atoms with Crippen LogP contribution in [0.3, 0.4) is 0 Å². The molecule has 0 amide bonds. The molecule has 0 atom stereocenters. The van der Waals surface area contributed by atoms with Gasteiger partial charge in [-0.2, -0.15) is 0 Å². The fraction of sp³-hybridized carbons (Fsp3) is 0.533. The topological polar surface area (TPSA) is 32.8 Å². The summed E-state index contributed by atoms with van der Waals surface area (Å²) in [7, 11) is 3.99. The van der Waals surface area contributed by atoms with Crippen molar-refractivity contribution in [3.05, 3.63) is 29.8 Å². The van der Waals surface area contributed by atoms with Crippen molar-refractivity contribution in [3.8, 4) is 0 Å². The zero-order valence-electron chi connectivity index (χ0n) is 12.6. The highest BCUT2D eigenvalue weighted by Gasteiger charge is 2.13. The van der Waals surface area contributed by atoms with Crippen molar-refractivity contribution < 1.29 is 9.53 Å². The molecule has 0 unspecified atom stereocenters. The maximum Gasteiger partial charge on any atom is 0.164 e. The molecule has 0 aromatic heterocycles. The Labute approximate surface area is 139 Å². The van der Waals surface area contributed by atoms with Gasteiger partial charge in [-0.15, -0.1) is 24.8 Å². The monoisotopic (exact) mass is 334 g/mol. The van der Waals surface area contributed by atoms with Crippen LogP contribution in [0, 0.1) is 0 Å². The van der Waals surface area contributed by atoms with Crippen LogP contribution in [0.2, 0.25) is 0 Å². The summed E-state index contributed by atoms with van der Waals surface area (Å²) >= 11 is 0. The van der Waals surface area contributed by atoms with E-state index in [1.165, 1.54) is 0 Å². The van der Waals surface area contributed by atoms with Gasteiger partial charge in [0.05, 0.1) is 13.2 Å². The number of Topliss-reactive ketones (excluding diaryl/α,β-unsaturated/α-hetero) is 1. The molecule has 1 fully saturated rings. The molecule has 0 spiro atoms. The van der Waals surface area contributed by atoms with Gasteiger partial charge in [0, 0.05) is 51.4 Å². The first-order valence-corrected chi connectivity index (χ1v) is 6.77. The zero-order valence-corrected chi connectivity index (χ0v) is 14.2. The van der Waals surface area contributed by atoms with E-state index in [0.717, 1.165) is 44.1 Å². The highest BCUT2D eigenvalue weighted by molar-refractivity contribution is 5.96. The van der Waals surface area contributed by atoms with E-state index in [1.54, 1.807) is 0 Å². The SMILES string of the molecule is CN(C)c1ccc(C(=O)CCN2CCOCC2)cc1.Cl.Cl. The minimum Gasteiger partial charge on any atom is -0.379 e. The Morgan fingerprint density at radius 1 is 1.14 bits per heavy atom. The van der Waals surface area contributed by atoms with Gasteiger partial charge in [0.15, 0.2) is 5.78 Å². The molecular weight excluding hydrogens is 311 g/mol. The Balaban J connectivity index is 0.00000200. The molecule has 1 heterocycles. The maximum atomic E-state index is 12.1. The van der Waals surface area contributed by atoms with E-state index in [0.29, 0.717) is 6.42 Å². The normalized spacial score (nSPS) is 14.8. The summed E-state index contributed by atoms with van der Waals surface area (Å²) in [5.41, 5.74) is 1.92. The van der Waals surface area contributed by atoms with Crippen molar-refractivity contribution in [2.24, 2.45) is 0 Å². The average molecular weight is 335 g/mol. The predicted octanol–water partition coefficient (Wildman–Crippen LogP) is 2.50. The summed E-state index contributed by atoms with van der Waals surface area (Å²) in [6.45, 7) is 4.27. The van der Waals surface area contributed by atoms with Crippen LogP contribution < -0.4 is 4.90 Å². The van der Waals surface area contributed by atoms with E-state index < -0.39 is 0 Å². The summed E-state index contributed by atoms with van der Waals surface area (Å²) in [4.78, 5) is 16.4. The molecule has 21 heavy (non-hydrogen) atoms. The smallest absolute Gasteiger partial charge is 0.164 e. The quantitative estimate of drug-likeness (QED) is 0.774. The fourth-order valence-corrected chi connectivity index (χ4v) is 2.17. The number of ketones is 1. The number of halogens is 2. The van der Waals surface area contributed by atoms with Gasteiger partial charge in [-0.1, -0.05) is 0 Å². The van der Waals surface area contributed by atoms with Gasteiger partial charge in [-0.25, -0.2) is 0 Å². The van der Waals surface area contributed by atoms with Crippen LogP contribution in [-0.4, -0.2) is 57.6 Å². The minimum absolute atomic E-state index is 0. The van der Waals surface area contributed by atoms with Crippen LogP contribution in [0.1, 0.15) is 16.8 Å². The first kappa shape index (κ1) is 20.2. The van der Waals surface area contributed by atoms with Crippen LogP contribution in [0.15, 0.2) is 24.3 Å². The van der Waals surface area contributed by atoms with E-state index in [-0.39, 0.29) is 30.6 Å². The zero-order chi connectivity index (χ0) is 13.7. The maximum absolute atomic E-state index is 12.1. The highest BCUT2D eigenvalue weighted by Crippen LogP contribution is 2.13. The molecule has 0 N–H and O–H groups in total. The van der Waals surface area contributed by atoms with Crippen LogP contribution in [0.4, 0.5) is 5.69 Å². The number of benzene rings is 1. The second kappa shape index (κ2) is 10.0. The second-order valence-electron chi connectivity index (χ2n) is 5.07. The van der Waals surface area contributed by atoms with Crippen LogP contribution >= 0.6 is 24.8 Å². The number of hydrogen-bond acceptors (Lipinski definition) is 4. The number of ether oxygens (including phenoxy) is 1. The van der Waals surface area contributed by atoms with Crippen molar-refractivity contribution in [2.45, 2.75) is 6.42 Å². The Hall–Kier alpha value is -0.810. The molecule has 1 aromatic rings. The Kier molecular flexibility index (Phi) is 9.62. The number of rotatable bonds is 5. The molecule has 1 aliphatic rings. The van der Waals surface area contributed by atoms with Gasteiger partial charge in [0.1, 0.15) is 0 Å². The number of carbonyl (C=O) groups excluding carboxylic acids is 1. The molecule has 1 aliphatic heterocycles. The standard InChI is InChI=1S/C15H22N2O2.2ClH/c1-16(2)14-5-3-13(4-6-14)15(18)7-8-17-9-11-19-12-10-17;;/h3-6H,7-12H2,1-2H3;2*1H. The lowest BCUT2D eigenvalue weighted by atomic mass is 10.1. The van der Waals surface area contributed by atoms with E-state index in [1.807, 2.05) is 43.3 Å². The first-order valence-electron chi connectivity index (χ1n) is 6.77. The third-order valence-electron chi connectivity index (χ3n) is 3.46. The molecule has 120 valence electrons. The van der Waals surface area contributed by atoms with Crippen molar-refractivity contribution in [1.29, 1.82) is 0 Å². The van der Waals surface area contributed by atoms with Crippen molar-refractivity contribution >= 4 is 36.3 Å². The van der Waals surface area contributed by atoms with Crippen LogP contribution in [-0.2, 0) is 4.74 Å². The summed E-state index contributed by atoms with van der Waals surface area (Å²) in [6.07, 6.45) is 0.585.